The molecule has 1 saturated carbocycles. The second-order valence-corrected chi connectivity index (χ2v) is 6.24. The predicted octanol–water partition coefficient (Wildman–Crippen LogP) is 3.50. The van der Waals surface area contributed by atoms with Gasteiger partial charge in [0.15, 0.2) is 0 Å². The van der Waals surface area contributed by atoms with Crippen molar-refractivity contribution in [3.05, 3.63) is 34.9 Å². The zero-order valence-corrected chi connectivity index (χ0v) is 12.6. The van der Waals surface area contributed by atoms with Crippen molar-refractivity contribution in [2.75, 3.05) is 0 Å². The number of aliphatic carboxylic acids is 1. The van der Waals surface area contributed by atoms with E-state index >= 15 is 0 Å². The van der Waals surface area contributed by atoms with Gasteiger partial charge in [-0.1, -0.05) is 30.2 Å². The number of carboxylic acid groups (broad SMARTS) is 1. The first-order chi connectivity index (χ1) is 9.54. The summed E-state index contributed by atoms with van der Waals surface area (Å²) in [5.41, 5.74) is 1.21. The second kappa shape index (κ2) is 7.09. The maximum Gasteiger partial charge on any atom is 0.306 e. The van der Waals surface area contributed by atoms with Gasteiger partial charge in [-0.05, 0) is 50.3 Å². The topological polar surface area (TPSA) is 49.3 Å². The number of hydrogen-bond donors (Lipinski definition) is 2. The minimum Gasteiger partial charge on any atom is -0.481 e. The summed E-state index contributed by atoms with van der Waals surface area (Å²) >= 11 is 5.99. The Morgan fingerprint density at radius 3 is 3.00 bits per heavy atom. The fourth-order valence-corrected chi connectivity index (χ4v) is 3.26. The highest BCUT2D eigenvalue weighted by Gasteiger charge is 2.27. The molecule has 0 amide bonds. The van der Waals surface area contributed by atoms with Crippen molar-refractivity contribution in [1.82, 2.24) is 5.32 Å². The lowest BCUT2D eigenvalue weighted by atomic mass is 9.85. The van der Waals surface area contributed by atoms with E-state index in [0.29, 0.717) is 12.1 Å². The van der Waals surface area contributed by atoms with Crippen molar-refractivity contribution in [2.24, 2.45) is 5.92 Å². The normalized spacial score (nSPS) is 24.3. The molecule has 3 nitrogen and oxygen atoms in total. The number of benzene rings is 1. The molecule has 1 fully saturated rings. The molecular formula is C16H22ClNO2. The van der Waals surface area contributed by atoms with Crippen molar-refractivity contribution in [3.8, 4) is 0 Å². The zero-order chi connectivity index (χ0) is 14.5. The van der Waals surface area contributed by atoms with E-state index in [2.05, 4.69) is 18.3 Å². The maximum atomic E-state index is 11.1. The first-order valence-corrected chi connectivity index (χ1v) is 7.65. The van der Waals surface area contributed by atoms with Gasteiger partial charge in [0.25, 0.3) is 0 Å². The van der Waals surface area contributed by atoms with Crippen LogP contribution < -0.4 is 5.32 Å². The highest BCUT2D eigenvalue weighted by atomic mass is 35.5. The average molecular weight is 296 g/mol. The third-order valence-corrected chi connectivity index (χ3v) is 4.21. The Hall–Kier alpha value is -1.06. The minimum atomic E-state index is -0.654. The van der Waals surface area contributed by atoms with Gasteiger partial charge in [0.1, 0.15) is 0 Å². The molecule has 2 N–H and O–H groups in total. The van der Waals surface area contributed by atoms with Crippen LogP contribution in [0.25, 0.3) is 0 Å². The van der Waals surface area contributed by atoms with Crippen LogP contribution in [-0.2, 0) is 11.2 Å². The summed E-state index contributed by atoms with van der Waals surface area (Å²) < 4.78 is 0. The van der Waals surface area contributed by atoms with Crippen molar-refractivity contribution < 1.29 is 9.90 Å². The van der Waals surface area contributed by atoms with E-state index < -0.39 is 5.97 Å². The van der Waals surface area contributed by atoms with Crippen LogP contribution in [0, 0.1) is 5.92 Å². The Balaban J connectivity index is 1.85. The second-order valence-electron chi connectivity index (χ2n) is 5.80. The third-order valence-electron chi connectivity index (χ3n) is 3.97. The third kappa shape index (κ3) is 4.50. The quantitative estimate of drug-likeness (QED) is 0.874. The summed E-state index contributed by atoms with van der Waals surface area (Å²) in [5, 5.41) is 13.4. The largest absolute Gasteiger partial charge is 0.481 e. The molecule has 0 saturated heterocycles. The van der Waals surface area contributed by atoms with Gasteiger partial charge >= 0.3 is 5.97 Å². The summed E-state index contributed by atoms with van der Waals surface area (Å²) in [4.78, 5) is 11.1. The van der Waals surface area contributed by atoms with Gasteiger partial charge in [-0.3, -0.25) is 4.79 Å². The molecule has 3 unspecified atom stereocenters. The van der Waals surface area contributed by atoms with Crippen LogP contribution >= 0.6 is 11.6 Å². The molecule has 1 aromatic rings. The highest BCUT2D eigenvalue weighted by Crippen LogP contribution is 2.25. The Bertz CT molecular complexity index is 464. The van der Waals surface area contributed by atoms with E-state index in [-0.39, 0.29) is 5.92 Å². The molecule has 0 radical (unpaired) electrons. The molecule has 4 heteroatoms. The molecular weight excluding hydrogens is 274 g/mol. The number of carboxylic acids is 1. The molecule has 0 aliphatic heterocycles. The lowest BCUT2D eigenvalue weighted by Crippen LogP contribution is -2.41. The van der Waals surface area contributed by atoms with Gasteiger partial charge in [-0.25, -0.2) is 0 Å². The van der Waals surface area contributed by atoms with Gasteiger partial charge < -0.3 is 10.4 Å². The number of carbonyl (C=O) groups is 1. The fourth-order valence-electron chi connectivity index (χ4n) is 3.04. The Labute approximate surface area is 125 Å². The smallest absolute Gasteiger partial charge is 0.306 e. The van der Waals surface area contributed by atoms with E-state index in [0.717, 1.165) is 37.1 Å². The Morgan fingerprint density at radius 1 is 1.50 bits per heavy atom. The van der Waals surface area contributed by atoms with Crippen molar-refractivity contribution in [2.45, 2.75) is 51.1 Å². The van der Waals surface area contributed by atoms with Gasteiger partial charge in [-0.2, -0.15) is 0 Å². The molecule has 0 heterocycles. The summed E-state index contributed by atoms with van der Waals surface area (Å²) in [6, 6.07) is 8.55. The standard InChI is InChI=1S/C16H22ClNO2/c1-11(8-12-4-2-6-14(17)9-12)18-15-7-3-5-13(10-15)16(19)20/h2,4,6,9,11,13,15,18H,3,5,7-8,10H2,1H3,(H,19,20). The monoisotopic (exact) mass is 295 g/mol. The molecule has 0 spiro atoms. The molecule has 0 aromatic heterocycles. The molecule has 0 bridgehead atoms. The molecule has 1 aromatic carbocycles. The molecule has 110 valence electrons. The maximum absolute atomic E-state index is 11.1. The van der Waals surface area contributed by atoms with Crippen LogP contribution in [0.15, 0.2) is 24.3 Å². The van der Waals surface area contributed by atoms with E-state index in [1.165, 1.54) is 5.56 Å². The van der Waals surface area contributed by atoms with Crippen LogP contribution in [0.1, 0.15) is 38.2 Å². The average Bonchev–Trinajstić information content (AvgIpc) is 2.38. The highest BCUT2D eigenvalue weighted by molar-refractivity contribution is 6.30. The fraction of sp³-hybridized carbons (Fsp3) is 0.562. The number of nitrogens with one attached hydrogen (secondary N) is 1. The molecule has 3 atom stereocenters. The van der Waals surface area contributed by atoms with Crippen LogP contribution in [0.3, 0.4) is 0 Å². The van der Waals surface area contributed by atoms with Crippen LogP contribution in [-0.4, -0.2) is 23.2 Å². The predicted molar refractivity (Wildman–Crippen MR) is 81.1 cm³/mol. The number of hydrogen-bond acceptors (Lipinski definition) is 2. The van der Waals surface area contributed by atoms with E-state index in [1.54, 1.807) is 0 Å². The van der Waals surface area contributed by atoms with Crippen LogP contribution in [0.5, 0.6) is 0 Å². The first kappa shape index (κ1) is 15.3. The summed E-state index contributed by atoms with van der Waals surface area (Å²) in [6.45, 7) is 2.14. The number of halogens is 1. The Kier molecular flexibility index (Phi) is 5.44. The van der Waals surface area contributed by atoms with Crippen LogP contribution in [0.4, 0.5) is 0 Å². The van der Waals surface area contributed by atoms with Crippen molar-refractivity contribution in [3.63, 3.8) is 0 Å². The van der Waals surface area contributed by atoms with Gasteiger partial charge in [-0.15, -0.1) is 0 Å². The zero-order valence-electron chi connectivity index (χ0n) is 11.8. The summed E-state index contributed by atoms with van der Waals surface area (Å²) in [6.07, 6.45) is 4.54. The van der Waals surface area contributed by atoms with E-state index in [4.69, 9.17) is 16.7 Å². The summed E-state index contributed by atoms with van der Waals surface area (Å²) in [5.74, 6) is -0.835. The van der Waals surface area contributed by atoms with Crippen LogP contribution in [0.2, 0.25) is 5.02 Å². The minimum absolute atomic E-state index is 0.181. The van der Waals surface area contributed by atoms with Gasteiger partial charge in [0.2, 0.25) is 0 Å². The van der Waals surface area contributed by atoms with Gasteiger partial charge in [0.05, 0.1) is 5.92 Å². The lowest BCUT2D eigenvalue weighted by Gasteiger charge is -2.30. The number of rotatable bonds is 5. The first-order valence-electron chi connectivity index (χ1n) is 7.28. The molecule has 1 aliphatic rings. The molecule has 1 aliphatic carbocycles. The van der Waals surface area contributed by atoms with Crippen molar-refractivity contribution >= 4 is 17.6 Å². The van der Waals surface area contributed by atoms with Crippen molar-refractivity contribution in [1.29, 1.82) is 0 Å². The SMILES string of the molecule is CC(Cc1cccc(Cl)c1)NC1CCCC(C(=O)O)C1. The molecule has 2 rings (SSSR count). The molecule has 20 heavy (non-hydrogen) atoms. The lowest BCUT2D eigenvalue weighted by molar-refractivity contribution is -0.143. The van der Waals surface area contributed by atoms with E-state index in [9.17, 15) is 4.79 Å². The van der Waals surface area contributed by atoms with Gasteiger partial charge in [0, 0.05) is 17.1 Å². The summed E-state index contributed by atoms with van der Waals surface area (Å²) in [7, 11) is 0. The Morgan fingerprint density at radius 2 is 2.30 bits per heavy atom. The van der Waals surface area contributed by atoms with E-state index in [1.807, 2.05) is 18.2 Å².